The SMILES string of the molecule is NCC1CCC(CC(=O)NCCCCC(N)=O)CC1. The van der Waals surface area contributed by atoms with Gasteiger partial charge in [0.1, 0.15) is 0 Å². The van der Waals surface area contributed by atoms with Gasteiger partial charge in [0.25, 0.3) is 0 Å². The lowest BCUT2D eigenvalue weighted by Crippen LogP contribution is -2.29. The van der Waals surface area contributed by atoms with Crippen LogP contribution in [0.3, 0.4) is 0 Å². The molecule has 19 heavy (non-hydrogen) atoms. The predicted octanol–water partition coefficient (Wildman–Crippen LogP) is 0.913. The fourth-order valence-corrected chi connectivity index (χ4v) is 2.66. The van der Waals surface area contributed by atoms with E-state index in [1.165, 1.54) is 0 Å². The van der Waals surface area contributed by atoms with Gasteiger partial charge in [-0.2, -0.15) is 0 Å². The summed E-state index contributed by atoms with van der Waals surface area (Å²) in [5.41, 5.74) is 10.7. The number of unbranched alkanes of at least 4 members (excludes halogenated alkanes) is 1. The Morgan fingerprint density at radius 3 is 2.26 bits per heavy atom. The van der Waals surface area contributed by atoms with Crippen LogP contribution in [0.5, 0.6) is 0 Å². The van der Waals surface area contributed by atoms with Crippen LogP contribution in [-0.2, 0) is 9.59 Å². The van der Waals surface area contributed by atoms with Crippen LogP contribution in [0.4, 0.5) is 0 Å². The minimum Gasteiger partial charge on any atom is -0.370 e. The molecule has 5 nitrogen and oxygen atoms in total. The van der Waals surface area contributed by atoms with Crippen molar-refractivity contribution < 1.29 is 9.59 Å². The maximum absolute atomic E-state index is 11.7. The first-order chi connectivity index (χ1) is 9.11. The van der Waals surface area contributed by atoms with E-state index in [1.807, 2.05) is 0 Å². The topological polar surface area (TPSA) is 98.2 Å². The van der Waals surface area contributed by atoms with E-state index in [9.17, 15) is 9.59 Å². The summed E-state index contributed by atoms with van der Waals surface area (Å²) in [6.07, 6.45) is 7.16. The van der Waals surface area contributed by atoms with E-state index in [1.54, 1.807) is 0 Å². The minimum absolute atomic E-state index is 0.135. The van der Waals surface area contributed by atoms with Crippen molar-refractivity contribution in [1.29, 1.82) is 0 Å². The standard InChI is InChI=1S/C14H27N3O2/c15-10-12-6-4-11(5-7-12)9-14(19)17-8-2-1-3-13(16)18/h11-12H,1-10,15H2,(H2,16,18)(H,17,19). The van der Waals surface area contributed by atoms with Gasteiger partial charge in [-0.1, -0.05) is 0 Å². The summed E-state index contributed by atoms with van der Waals surface area (Å²) in [4.78, 5) is 22.3. The van der Waals surface area contributed by atoms with Crippen molar-refractivity contribution >= 4 is 11.8 Å². The molecule has 1 fully saturated rings. The van der Waals surface area contributed by atoms with Gasteiger partial charge in [-0.15, -0.1) is 0 Å². The zero-order chi connectivity index (χ0) is 14.1. The van der Waals surface area contributed by atoms with Crippen LogP contribution in [0.25, 0.3) is 0 Å². The molecule has 0 heterocycles. The van der Waals surface area contributed by atoms with Gasteiger partial charge < -0.3 is 16.8 Å². The van der Waals surface area contributed by atoms with Gasteiger partial charge >= 0.3 is 0 Å². The number of hydrogen-bond donors (Lipinski definition) is 3. The van der Waals surface area contributed by atoms with Crippen molar-refractivity contribution in [3.05, 3.63) is 0 Å². The summed E-state index contributed by atoms with van der Waals surface area (Å²) in [6, 6.07) is 0. The molecule has 1 saturated carbocycles. The van der Waals surface area contributed by atoms with Gasteiger partial charge in [-0.05, 0) is 56.9 Å². The number of carbonyl (C=O) groups excluding carboxylic acids is 2. The molecule has 0 atom stereocenters. The monoisotopic (exact) mass is 269 g/mol. The summed E-state index contributed by atoms with van der Waals surface area (Å²) in [6.45, 7) is 1.42. The normalized spacial score (nSPS) is 23.0. The van der Waals surface area contributed by atoms with Crippen LogP contribution in [0, 0.1) is 11.8 Å². The molecule has 5 heteroatoms. The molecule has 0 aliphatic heterocycles. The highest BCUT2D eigenvalue weighted by molar-refractivity contribution is 5.76. The highest BCUT2D eigenvalue weighted by Gasteiger charge is 2.21. The molecule has 0 bridgehead atoms. The molecule has 5 N–H and O–H groups in total. The molecule has 1 aliphatic carbocycles. The molecule has 2 amide bonds. The van der Waals surface area contributed by atoms with Crippen LogP contribution < -0.4 is 16.8 Å². The average Bonchev–Trinajstić information content (AvgIpc) is 2.39. The third kappa shape index (κ3) is 7.15. The Bertz CT molecular complexity index is 286. The van der Waals surface area contributed by atoms with Gasteiger partial charge in [0.05, 0.1) is 0 Å². The van der Waals surface area contributed by atoms with Gasteiger partial charge in [-0.3, -0.25) is 9.59 Å². The van der Waals surface area contributed by atoms with Crippen LogP contribution in [0.15, 0.2) is 0 Å². The molecule has 110 valence electrons. The number of amides is 2. The van der Waals surface area contributed by atoms with Gasteiger partial charge in [-0.25, -0.2) is 0 Å². The molecule has 1 aliphatic rings. The number of nitrogens with two attached hydrogens (primary N) is 2. The molecule has 0 unspecified atom stereocenters. The van der Waals surface area contributed by atoms with Crippen LogP contribution in [-0.4, -0.2) is 24.9 Å². The molecule has 0 aromatic rings. The number of carbonyl (C=O) groups is 2. The smallest absolute Gasteiger partial charge is 0.220 e. The molecule has 0 spiro atoms. The summed E-state index contributed by atoms with van der Waals surface area (Å²) < 4.78 is 0. The quantitative estimate of drug-likeness (QED) is 0.571. The van der Waals surface area contributed by atoms with E-state index in [0.29, 0.717) is 31.2 Å². The summed E-state index contributed by atoms with van der Waals surface area (Å²) in [7, 11) is 0. The molecule has 1 rings (SSSR count). The molecular formula is C14H27N3O2. The molecule has 0 radical (unpaired) electrons. The molecule has 0 aromatic carbocycles. The lowest BCUT2D eigenvalue weighted by atomic mass is 9.80. The Morgan fingerprint density at radius 2 is 1.68 bits per heavy atom. The number of primary amides is 1. The lowest BCUT2D eigenvalue weighted by Gasteiger charge is -2.27. The fourth-order valence-electron chi connectivity index (χ4n) is 2.66. The summed E-state index contributed by atoms with van der Waals surface area (Å²) >= 11 is 0. The molecule has 0 aromatic heterocycles. The van der Waals surface area contributed by atoms with E-state index in [-0.39, 0.29) is 11.8 Å². The van der Waals surface area contributed by atoms with Crippen molar-refractivity contribution in [1.82, 2.24) is 5.32 Å². The second kappa shape index (κ2) is 8.91. The first-order valence-corrected chi connectivity index (χ1v) is 7.37. The van der Waals surface area contributed by atoms with Gasteiger partial charge in [0.15, 0.2) is 0 Å². The summed E-state index contributed by atoms with van der Waals surface area (Å²) in [5.74, 6) is 1.04. The van der Waals surface area contributed by atoms with E-state index < -0.39 is 0 Å². The van der Waals surface area contributed by atoms with Gasteiger partial charge in [0, 0.05) is 19.4 Å². The van der Waals surface area contributed by atoms with E-state index >= 15 is 0 Å². The number of hydrogen-bond acceptors (Lipinski definition) is 3. The Labute approximate surface area is 115 Å². The van der Waals surface area contributed by atoms with Crippen molar-refractivity contribution in [3.63, 3.8) is 0 Å². The van der Waals surface area contributed by atoms with Gasteiger partial charge in [0.2, 0.25) is 11.8 Å². The van der Waals surface area contributed by atoms with Crippen molar-refractivity contribution in [3.8, 4) is 0 Å². The minimum atomic E-state index is -0.275. The number of nitrogens with one attached hydrogen (secondary N) is 1. The van der Waals surface area contributed by atoms with Crippen LogP contribution in [0.2, 0.25) is 0 Å². The maximum Gasteiger partial charge on any atom is 0.220 e. The molecular weight excluding hydrogens is 242 g/mol. The van der Waals surface area contributed by atoms with Crippen molar-refractivity contribution in [2.24, 2.45) is 23.3 Å². The third-order valence-corrected chi connectivity index (χ3v) is 3.95. The van der Waals surface area contributed by atoms with Crippen molar-refractivity contribution in [2.75, 3.05) is 13.1 Å². The van der Waals surface area contributed by atoms with E-state index in [4.69, 9.17) is 11.5 Å². The van der Waals surface area contributed by atoms with Crippen LogP contribution in [0.1, 0.15) is 51.4 Å². The Balaban J connectivity index is 2.03. The highest BCUT2D eigenvalue weighted by Crippen LogP contribution is 2.29. The summed E-state index contributed by atoms with van der Waals surface area (Å²) in [5, 5.41) is 2.91. The highest BCUT2D eigenvalue weighted by atomic mass is 16.1. The first-order valence-electron chi connectivity index (χ1n) is 7.37. The zero-order valence-corrected chi connectivity index (χ0v) is 11.7. The number of rotatable bonds is 8. The second-order valence-corrected chi connectivity index (χ2v) is 5.60. The Morgan fingerprint density at radius 1 is 1.05 bits per heavy atom. The Kier molecular flexibility index (Phi) is 7.48. The first kappa shape index (κ1) is 16.0. The van der Waals surface area contributed by atoms with Crippen molar-refractivity contribution in [2.45, 2.75) is 51.4 Å². The lowest BCUT2D eigenvalue weighted by molar-refractivity contribution is -0.122. The Hall–Kier alpha value is -1.10. The fraction of sp³-hybridized carbons (Fsp3) is 0.857. The molecule has 0 saturated heterocycles. The average molecular weight is 269 g/mol. The second-order valence-electron chi connectivity index (χ2n) is 5.60. The zero-order valence-electron chi connectivity index (χ0n) is 11.7. The third-order valence-electron chi connectivity index (χ3n) is 3.95. The van der Waals surface area contributed by atoms with E-state index in [2.05, 4.69) is 5.32 Å². The van der Waals surface area contributed by atoms with E-state index in [0.717, 1.165) is 45.1 Å². The van der Waals surface area contributed by atoms with Crippen LogP contribution >= 0.6 is 0 Å². The predicted molar refractivity (Wildman–Crippen MR) is 75.2 cm³/mol. The largest absolute Gasteiger partial charge is 0.370 e. The maximum atomic E-state index is 11.7.